The highest BCUT2D eigenvalue weighted by molar-refractivity contribution is 7.89. The zero-order valence-corrected chi connectivity index (χ0v) is 10.6. The van der Waals surface area contributed by atoms with E-state index in [-0.39, 0.29) is 11.5 Å². The van der Waals surface area contributed by atoms with E-state index in [4.69, 9.17) is 5.26 Å². The molecule has 1 aliphatic carbocycles. The third-order valence-corrected chi connectivity index (χ3v) is 4.85. The minimum absolute atomic E-state index is 0.112. The Morgan fingerprint density at radius 2 is 1.94 bits per heavy atom. The molecule has 2 N–H and O–H groups in total. The van der Waals surface area contributed by atoms with Crippen molar-refractivity contribution in [2.75, 3.05) is 6.61 Å². The van der Waals surface area contributed by atoms with Gasteiger partial charge in [0.2, 0.25) is 10.0 Å². The van der Waals surface area contributed by atoms with Crippen LogP contribution >= 0.6 is 0 Å². The minimum atomic E-state index is -3.64. The Labute approximate surface area is 106 Å². The second-order valence-corrected chi connectivity index (χ2v) is 6.22. The molecule has 96 valence electrons. The van der Waals surface area contributed by atoms with E-state index in [0.29, 0.717) is 18.4 Å². The Balaban J connectivity index is 2.22. The van der Waals surface area contributed by atoms with Gasteiger partial charge in [-0.1, -0.05) is 0 Å². The van der Waals surface area contributed by atoms with Crippen LogP contribution in [0.1, 0.15) is 24.8 Å². The number of hydrogen-bond acceptors (Lipinski definition) is 4. The first kappa shape index (κ1) is 13.0. The standard InChI is InChI=1S/C12H14N2O3S/c13-8-10-2-4-11(5-3-10)18(16,17)14-12(9-15)6-1-7-12/h2-5,14-15H,1,6-7,9H2. The Morgan fingerprint density at radius 1 is 1.33 bits per heavy atom. The number of aliphatic hydroxyl groups is 1. The van der Waals surface area contributed by atoms with Crippen molar-refractivity contribution in [3.05, 3.63) is 29.8 Å². The first-order valence-corrected chi connectivity index (χ1v) is 7.15. The van der Waals surface area contributed by atoms with Gasteiger partial charge in [-0.3, -0.25) is 0 Å². The van der Waals surface area contributed by atoms with Crippen LogP contribution in [0.3, 0.4) is 0 Å². The fourth-order valence-corrected chi connectivity index (χ4v) is 3.40. The van der Waals surface area contributed by atoms with Gasteiger partial charge < -0.3 is 5.11 Å². The maximum atomic E-state index is 12.1. The van der Waals surface area contributed by atoms with Crippen LogP contribution in [0.25, 0.3) is 0 Å². The highest BCUT2D eigenvalue weighted by atomic mass is 32.2. The fraction of sp³-hybridized carbons (Fsp3) is 0.417. The molecule has 5 nitrogen and oxygen atoms in total. The summed E-state index contributed by atoms with van der Waals surface area (Å²) in [6.45, 7) is -0.192. The lowest BCUT2D eigenvalue weighted by molar-refractivity contribution is 0.110. The van der Waals surface area contributed by atoms with Crippen molar-refractivity contribution in [3.63, 3.8) is 0 Å². The average Bonchev–Trinajstić information content (AvgIpc) is 2.34. The molecule has 0 spiro atoms. The van der Waals surface area contributed by atoms with Gasteiger partial charge in [-0.15, -0.1) is 0 Å². The molecule has 0 heterocycles. The van der Waals surface area contributed by atoms with Gasteiger partial charge in [-0.2, -0.15) is 5.26 Å². The molecule has 6 heteroatoms. The predicted molar refractivity (Wildman–Crippen MR) is 65.1 cm³/mol. The van der Waals surface area contributed by atoms with Crippen LogP contribution in [0.5, 0.6) is 0 Å². The van der Waals surface area contributed by atoms with Crippen molar-refractivity contribution in [3.8, 4) is 6.07 Å². The maximum absolute atomic E-state index is 12.1. The molecule has 1 aliphatic rings. The molecule has 1 fully saturated rings. The van der Waals surface area contributed by atoms with E-state index < -0.39 is 15.6 Å². The lowest BCUT2D eigenvalue weighted by Crippen LogP contribution is -2.55. The number of nitrogens with one attached hydrogen (secondary N) is 1. The average molecular weight is 266 g/mol. The van der Waals surface area contributed by atoms with Crippen LogP contribution in [-0.4, -0.2) is 25.7 Å². The van der Waals surface area contributed by atoms with Gasteiger partial charge in [-0.25, -0.2) is 13.1 Å². The van der Waals surface area contributed by atoms with E-state index in [1.807, 2.05) is 6.07 Å². The van der Waals surface area contributed by atoms with E-state index in [0.717, 1.165) is 6.42 Å². The molecule has 0 saturated heterocycles. The molecule has 1 saturated carbocycles. The van der Waals surface area contributed by atoms with Crippen molar-refractivity contribution in [2.45, 2.75) is 29.7 Å². The molecule has 18 heavy (non-hydrogen) atoms. The number of benzene rings is 1. The van der Waals surface area contributed by atoms with E-state index in [9.17, 15) is 13.5 Å². The van der Waals surface area contributed by atoms with Crippen molar-refractivity contribution in [2.24, 2.45) is 0 Å². The number of aliphatic hydroxyl groups excluding tert-OH is 1. The SMILES string of the molecule is N#Cc1ccc(S(=O)(=O)NC2(CO)CCC2)cc1. The second-order valence-electron chi connectivity index (χ2n) is 4.53. The van der Waals surface area contributed by atoms with Crippen molar-refractivity contribution in [1.82, 2.24) is 4.72 Å². The molecule has 1 aromatic carbocycles. The predicted octanol–water partition coefficient (Wildman–Crippen LogP) is 0.752. The Hall–Kier alpha value is -1.42. The van der Waals surface area contributed by atoms with Crippen LogP contribution < -0.4 is 4.72 Å². The molecule has 2 rings (SSSR count). The number of hydrogen-bond donors (Lipinski definition) is 2. The summed E-state index contributed by atoms with van der Waals surface area (Å²) in [6, 6.07) is 7.64. The highest BCUT2D eigenvalue weighted by Crippen LogP contribution is 2.32. The number of sulfonamides is 1. The van der Waals surface area contributed by atoms with Crippen molar-refractivity contribution < 1.29 is 13.5 Å². The van der Waals surface area contributed by atoms with Crippen molar-refractivity contribution >= 4 is 10.0 Å². The summed E-state index contributed by atoms with van der Waals surface area (Å²) in [5.41, 5.74) is -0.290. The number of rotatable bonds is 4. The van der Waals surface area contributed by atoms with Gasteiger partial charge in [0.05, 0.1) is 28.7 Å². The Morgan fingerprint density at radius 3 is 2.33 bits per heavy atom. The quantitative estimate of drug-likeness (QED) is 0.841. The molecule has 0 unspecified atom stereocenters. The smallest absolute Gasteiger partial charge is 0.241 e. The monoisotopic (exact) mass is 266 g/mol. The van der Waals surface area contributed by atoms with Gasteiger partial charge in [-0.05, 0) is 43.5 Å². The normalized spacial score (nSPS) is 17.8. The molecule has 1 aromatic rings. The zero-order valence-electron chi connectivity index (χ0n) is 9.76. The first-order chi connectivity index (χ1) is 8.51. The summed E-state index contributed by atoms with van der Waals surface area (Å²) in [6.07, 6.45) is 2.22. The Kier molecular flexibility index (Phi) is 3.39. The third-order valence-electron chi connectivity index (χ3n) is 3.26. The topological polar surface area (TPSA) is 90.2 Å². The lowest BCUT2D eigenvalue weighted by atomic mass is 9.78. The summed E-state index contributed by atoms with van der Waals surface area (Å²) in [5.74, 6) is 0. The van der Waals surface area contributed by atoms with Crippen LogP contribution in [-0.2, 0) is 10.0 Å². The fourth-order valence-electron chi connectivity index (χ4n) is 1.95. The number of nitrogens with zero attached hydrogens (tertiary/aromatic N) is 1. The molecule has 0 radical (unpaired) electrons. The van der Waals surface area contributed by atoms with Crippen molar-refractivity contribution in [1.29, 1.82) is 5.26 Å². The van der Waals surface area contributed by atoms with E-state index >= 15 is 0 Å². The van der Waals surface area contributed by atoms with Crippen LogP contribution in [0.15, 0.2) is 29.2 Å². The number of nitriles is 1. The van der Waals surface area contributed by atoms with Gasteiger partial charge in [0.1, 0.15) is 0 Å². The third kappa shape index (κ3) is 2.38. The largest absolute Gasteiger partial charge is 0.394 e. The van der Waals surface area contributed by atoms with E-state index in [2.05, 4.69) is 4.72 Å². The zero-order chi connectivity index (χ0) is 13.2. The van der Waals surface area contributed by atoms with E-state index in [1.54, 1.807) is 0 Å². The molecule has 0 aliphatic heterocycles. The molecule has 0 amide bonds. The van der Waals surface area contributed by atoms with Gasteiger partial charge in [0, 0.05) is 0 Å². The van der Waals surface area contributed by atoms with Gasteiger partial charge in [0.15, 0.2) is 0 Å². The van der Waals surface area contributed by atoms with Crippen LogP contribution in [0, 0.1) is 11.3 Å². The molecule has 0 aromatic heterocycles. The first-order valence-electron chi connectivity index (χ1n) is 5.66. The van der Waals surface area contributed by atoms with Gasteiger partial charge in [0.25, 0.3) is 0 Å². The molecule has 0 bridgehead atoms. The van der Waals surface area contributed by atoms with Crippen LogP contribution in [0.4, 0.5) is 0 Å². The maximum Gasteiger partial charge on any atom is 0.241 e. The molecular formula is C12H14N2O3S. The summed E-state index contributed by atoms with van der Waals surface area (Å²) in [4.78, 5) is 0.112. The summed E-state index contributed by atoms with van der Waals surface area (Å²) < 4.78 is 26.7. The van der Waals surface area contributed by atoms with E-state index in [1.165, 1.54) is 24.3 Å². The summed E-state index contributed by atoms with van der Waals surface area (Å²) >= 11 is 0. The second kappa shape index (κ2) is 4.69. The molecule has 0 atom stereocenters. The summed E-state index contributed by atoms with van der Waals surface area (Å²) in [7, 11) is -3.64. The Bertz CT molecular complexity index is 563. The summed E-state index contributed by atoms with van der Waals surface area (Å²) in [5, 5.41) is 17.9. The van der Waals surface area contributed by atoms with Crippen LogP contribution in [0.2, 0.25) is 0 Å². The highest BCUT2D eigenvalue weighted by Gasteiger charge is 2.40. The van der Waals surface area contributed by atoms with Gasteiger partial charge >= 0.3 is 0 Å². The molecular weight excluding hydrogens is 252 g/mol. The lowest BCUT2D eigenvalue weighted by Gasteiger charge is -2.40. The minimum Gasteiger partial charge on any atom is -0.394 e.